The molecule has 15 heavy (non-hydrogen) atoms. The quantitative estimate of drug-likeness (QED) is 0.777. The van der Waals surface area contributed by atoms with Crippen LogP contribution in [0.1, 0.15) is 19.4 Å². The van der Waals surface area contributed by atoms with E-state index in [-0.39, 0.29) is 0 Å². The first kappa shape index (κ1) is 11.7. The first-order valence-corrected chi connectivity index (χ1v) is 5.32. The van der Waals surface area contributed by atoms with E-state index < -0.39 is 17.3 Å². The Hall–Kier alpha value is -1.36. The third-order valence-corrected chi connectivity index (χ3v) is 3.03. The Balaban J connectivity index is 2.76. The predicted molar refractivity (Wildman–Crippen MR) is 59.1 cm³/mol. The molecule has 0 spiro atoms. The third kappa shape index (κ3) is 2.56. The molecule has 0 unspecified atom stereocenters. The number of aryl methyl sites for hydroxylation is 1. The molecule has 1 aromatic heterocycles. The van der Waals surface area contributed by atoms with Gasteiger partial charge in [0.25, 0.3) is 0 Å². The molecule has 0 aliphatic carbocycles. The van der Waals surface area contributed by atoms with Gasteiger partial charge in [-0.05, 0) is 37.8 Å². The number of carboxylic acids is 1. The van der Waals surface area contributed by atoms with Crippen LogP contribution in [0, 0.1) is 12.3 Å². The van der Waals surface area contributed by atoms with Crippen LogP contribution in [-0.4, -0.2) is 17.0 Å². The predicted octanol–water partition coefficient (Wildman–Crippen LogP) is 2.11. The lowest BCUT2D eigenvalue weighted by Gasteiger charge is -2.17. The topological polar surface area (TPSA) is 66.4 Å². The average Bonchev–Trinajstić information content (AvgIpc) is 2.50. The van der Waals surface area contributed by atoms with Gasteiger partial charge in [0.05, 0.1) is 5.00 Å². The molecule has 0 aromatic carbocycles. The van der Waals surface area contributed by atoms with Crippen LogP contribution in [0.15, 0.2) is 11.4 Å². The number of aliphatic carboxylic acids is 1. The molecule has 0 radical (unpaired) electrons. The second-order valence-corrected chi connectivity index (χ2v) is 4.78. The smallest absolute Gasteiger partial charge is 0.318 e. The molecule has 1 amide bonds. The third-order valence-electron chi connectivity index (χ3n) is 2.07. The van der Waals surface area contributed by atoms with Gasteiger partial charge in [0.2, 0.25) is 5.91 Å². The van der Waals surface area contributed by atoms with Crippen LogP contribution in [0.25, 0.3) is 0 Å². The number of anilines is 1. The van der Waals surface area contributed by atoms with Crippen molar-refractivity contribution in [1.29, 1.82) is 0 Å². The summed E-state index contributed by atoms with van der Waals surface area (Å²) < 4.78 is 0. The molecule has 0 saturated heterocycles. The van der Waals surface area contributed by atoms with E-state index in [1.807, 2.05) is 12.3 Å². The molecule has 1 aromatic rings. The molecule has 4 nitrogen and oxygen atoms in total. The summed E-state index contributed by atoms with van der Waals surface area (Å²) in [6.07, 6.45) is 0. The molecule has 82 valence electrons. The molecule has 5 heteroatoms. The first-order valence-electron chi connectivity index (χ1n) is 4.44. The Morgan fingerprint density at radius 3 is 2.47 bits per heavy atom. The van der Waals surface area contributed by atoms with E-state index in [9.17, 15) is 9.59 Å². The number of nitrogens with one attached hydrogen (secondary N) is 1. The van der Waals surface area contributed by atoms with Crippen LogP contribution in [0.5, 0.6) is 0 Å². The highest BCUT2D eigenvalue weighted by atomic mass is 32.1. The van der Waals surface area contributed by atoms with Crippen LogP contribution in [0.3, 0.4) is 0 Å². The van der Waals surface area contributed by atoms with Crippen molar-refractivity contribution < 1.29 is 14.7 Å². The number of hydrogen-bond donors (Lipinski definition) is 2. The highest BCUT2D eigenvalue weighted by Crippen LogP contribution is 2.23. The van der Waals surface area contributed by atoms with Gasteiger partial charge in [0.1, 0.15) is 5.41 Å². The fraction of sp³-hybridized carbons (Fsp3) is 0.400. The van der Waals surface area contributed by atoms with Gasteiger partial charge in [-0.25, -0.2) is 0 Å². The minimum Gasteiger partial charge on any atom is -0.480 e. The zero-order chi connectivity index (χ0) is 11.6. The Bertz CT molecular complexity index is 395. The second kappa shape index (κ2) is 4.02. The zero-order valence-electron chi connectivity index (χ0n) is 8.83. The Morgan fingerprint density at radius 1 is 1.47 bits per heavy atom. The summed E-state index contributed by atoms with van der Waals surface area (Å²) in [5.74, 6) is -1.63. The summed E-state index contributed by atoms with van der Waals surface area (Å²) in [7, 11) is 0. The monoisotopic (exact) mass is 227 g/mol. The number of hydrogen-bond acceptors (Lipinski definition) is 3. The van der Waals surface area contributed by atoms with Crippen LogP contribution in [-0.2, 0) is 9.59 Å². The summed E-state index contributed by atoms with van der Waals surface area (Å²) >= 11 is 1.38. The van der Waals surface area contributed by atoms with Gasteiger partial charge in [-0.3, -0.25) is 9.59 Å². The Kier molecular flexibility index (Phi) is 3.14. The van der Waals surface area contributed by atoms with Crippen LogP contribution >= 0.6 is 11.3 Å². The minimum absolute atomic E-state index is 0.503. The van der Waals surface area contributed by atoms with E-state index in [1.54, 1.807) is 6.07 Å². The standard InChI is InChI=1S/C10H13NO3S/c1-6-4-7(15-5-6)11-8(12)10(2,3)9(13)14/h4-5H,1-3H3,(H,11,12)(H,13,14). The van der Waals surface area contributed by atoms with Gasteiger partial charge in [-0.1, -0.05) is 0 Å². The molecule has 0 fully saturated rings. The van der Waals surface area contributed by atoms with Crippen molar-refractivity contribution in [2.75, 3.05) is 5.32 Å². The minimum atomic E-state index is -1.40. The number of carbonyl (C=O) groups is 2. The van der Waals surface area contributed by atoms with E-state index in [4.69, 9.17) is 5.11 Å². The van der Waals surface area contributed by atoms with Gasteiger partial charge < -0.3 is 10.4 Å². The van der Waals surface area contributed by atoms with Gasteiger partial charge >= 0.3 is 5.97 Å². The van der Waals surface area contributed by atoms with E-state index in [2.05, 4.69) is 5.32 Å². The lowest BCUT2D eigenvalue weighted by Crippen LogP contribution is -2.37. The van der Waals surface area contributed by atoms with Crippen molar-refractivity contribution in [3.05, 3.63) is 17.0 Å². The summed E-state index contributed by atoms with van der Waals surface area (Å²) in [5.41, 5.74) is -0.360. The summed E-state index contributed by atoms with van der Waals surface area (Å²) in [6.45, 7) is 4.67. The van der Waals surface area contributed by atoms with Crippen molar-refractivity contribution in [3.63, 3.8) is 0 Å². The number of thiophene rings is 1. The van der Waals surface area contributed by atoms with Gasteiger partial charge in [0, 0.05) is 0 Å². The van der Waals surface area contributed by atoms with E-state index in [0.29, 0.717) is 5.00 Å². The largest absolute Gasteiger partial charge is 0.480 e. The highest BCUT2D eigenvalue weighted by Gasteiger charge is 2.36. The van der Waals surface area contributed by atoms with Crippen molar-refractivity contribution in [3.8, 4) is 0 Å². The summed E-state index contributed by atoms with van der Waals surface area (Å²) in [6, 6.07) is 1.81. The summed E-state index contributed by atoms with van der Waals surface area (Å²) in [4.78, 5) is 22.4. The number of rotatable bonds is 3. The molecule has 0 aliphatic rings. The van der Waals surface area contributed by atoms with Crippen LogP contribution in [0.4, 0.5) is 5.00 Å². The molecule has 0 bridgehead atoms. The SMILES string of the molecule is Cc1csc(NC(=O)C(C)(C)C(=O)O)c1. The molecule has 2 N–H and O–H groups in total. The van der Waals surface area contributed by atoms with Gasteiger partial charge in [-0.15, -0.1) is 11.3 Å². The molecule has 0 aliphatic heterocycles. The zero-order valence-corrected chi connectivity index (χ0v) is 9.64. The number of amides is 1. The maximum absolute atomic E-state index is 11.6. The Morgan fingerprint density at radius 2 is 2.07 bits per heavy atom. The second-order valence-electron chi connectivity index (χ2n) is 3.87. The molecular weight excluding hydrogens is 214 g/mol. The van der Waals surface area contributed by atoms with Crippen molar-refractivity contribution in [2.24, 2.45) is 5.41 Å². The number of carbonyl (C=O) groups excluding carboxylic acids is 1. The van der Waals surface area contributed by atoms with Crippen molar-refractivity contribution in [1.82, 2.24) is 0 Å². The fourth-order valence-corrected chi connectivity index (χ4v) is 1.65. The molecule has 1 heterocycles. The Labute approximate surface area is 91.9 Å². The number of carboxylic acid groups (broad SMARTS) is 1. The lowest BCUT2D eigenvalue weighted by molar-refractivity contribution is -0.151. The maximum atomic E-state index is 11.6. The van der Waals surface area contributed by atoms with Gasteiger partial charge in [0.15, 0.2) is 0 Å². The molecular formula is C10H13NO3S. The van der Waals surface area contributed by atoms with Crippen molar-refractivity contribution in [2.45, 2.75) is 20.8 Å². The molecule has 0 atom stereocenters. The first-order chi connectivity index (χ1) is 6.84. The van der Waals surface area contributed by atoms with Crippen LogP contribution < -0.4 is 5.32 Å². The van der Waals surface area contributed by atoms with E-state index in [0.717, 1.165) is 5.56 Å². The molecule has 0 saturated carbocycles. The van der Waals surface area contributed by atoms with E-state index in [1.165, 1.54) is 25.2 Å². The normalized spacial score (nSPS) is 11.1. The van der Waals surface area contributed by atoms with Crippen molar-refractivity contribution >= 4 is 28.2 Å². The van der Waals surface area contributed by atoms with Gasteiger partial charge in [-0.2, -0.15) is 0 Å². The highest BCUT2D eigenvalue weighted by molar-refractivity contribution is 7.14. The van der Waals surface area contributed by atoms with Crippen LogP contribution in [0.2, 0.25) is 0 Å². The fourth-order valence-electron chi connectivity index (χ4n) is 0.862. The maximum Gasteiger partial charge on any atom is 0.318 e. The average molecular weight is 227 g/mol. The molecule has 1 rings (SSSR count). The van der Waals surface area contributed by atoms with E-state index >= 15 is 0 Å². The summed E-state index contributed by atoms with van der Waals surface area (Å²) in [5, 5.41) is 14.0. The lowest BCUT2D eigenvalue weighted by atomic mass is 9.93.